The Bertz CT molecular complexity index is 347. The van der Waals surface area contributed by atoms with E-state index < -0.39 is 0 Å². The molecular weight excluding hydrogens is 222 g/mol. The first-order valence-electron chi connectivity index (χ1n) is 7.03. The molecule has 0 saturated heterocycles. The topological polar surface area (TPSA) is 43.1 Å². The number of hydrogen-bond acceptors (Lipinski definition) is 1. The fraction of sp³-hybridized carbons (Fsp3) is 0.562. The first kappa shape index (κ1) is 14.7. The molecule has 2 N–H and O–H groups in total. The van der Waals surface area contributed by atoms with Gasteiger partial charge in [-0.05, 0) is 17.9 Å². The minimum atomic E-state index is -0.198. The van der Waals surface area contributed by atoms with Gasteiger partial charge in [-0.3, -0.25) is 4.79 Å². The lowest BCUT2D eigenvalue weighted by Gasteiger charge is -2.20. The first-order valence-corrected chi connectivity index (χ1v) is 7.03. The molecule has 0 aliphatic heterocycles. The molecule has 0 aliphatic rings. The van der Waals surface area contributed by atoms with Crippen LogP contribution >= 0.6 is 0 Å². The number of carbonyl (C=O) groups is 1. The zero-order chi connectivity index (χ0) is 13.4. The number of amides is 1. The van der Waals surface area contributed by atoms with Gasteiger partial charge >= 0.3 is 0 Å². The van der Waals surface area contributed by atoms with E-state index in [-0.39, 0.29) is 11.8 Å². The van der Waals surface area contributed by atoms with E-state index in [1.54, 1.807) is 0 Å². The molecule has 100 valence electrons. The molecule has 0 aromatic heterocycles. The van der Waals surface area contributed by atoms with Crippen LogP contribution in [0, 0.1) is 5.92 Å². The monoisotopic (exact) mass is 247 g/mol. The quantitative estimate of drug-likeness (QED) is 0.744. The van der Waals surface area contributed by atoms with E-state index in [1.807, 2.05) is 30.3 Å². The third-order valence-electron chi connectivity index (χ3n) is 3.66. The molecule has 0 saturated carbocycles. The SMILES string of the molecule is CCCCC(CC)CC(C(N)=O)c1ccccc1. The van der Waals surface area contributed by atoms with Gasteiger partial charge in [0, 0.05) is 0 Å². The lowest BCUT2D eigenvalue weighted by atomic mass is 9.84. The van der Waals surface area contributed by atoms with Crippen molar-refractivity contribution in [3.05, 3.63) is 35.9 Å². The fourth-order valence-corrected chi connectivity index (χ4v) is 2.42. The van der Waals surface area contributed by atoms with Crippen LogP contribution in [0.1, 0.15) is 57.4 Å². The van der Waals surface area contributed by atoms with Gasteiger partial charge in [-0.2, -0.15) is 0 Å². The summed E-state index contributed by atoms with van der Waals surface area (Å²) in [6, 6.07) is 9.91. The lowest BCUT2D eigenvalue weighted by Crippen LogP contribution is -2.23. The van der Waals surface area contributed by atoms with Crippen molar-refractivity contribution in [1.82, 2.24) is 0 Å². The number of benzene rings is 1. The lowest BCUT2D eigenvalue weighted by molar-refractivity contribution is -0.119. The maximum atomic E-state index is 11.6. The third kappa shape index (κ3) is 4.52. The molecule has 0 bridgehead atoms. The summed E-state index contributed by atoms with van der Waals surface area (Å²) in [4.78, 5) is 11.6. The highest BCUT2D eigenvalue weighted by atomic mass is 16.1. The standard InChI is InChI=1S/C16H25NO/c1-3-5-9-13(4-2)12-15(16(17)18)14-10-7-6-8-11-14/h6-8,10-11,13,15H,3-5,9,12H2,1-2H3,(H2,17,18). The van der Waals surface area contributed by atoms with Crippen molar-refractivity contribution in [3.63, 3.8) is 0 Å². The highest BCUT2D eigenvalue weighted by molar-refractivity contribution is 5.81. The summed E-state index contributed by atoms with van der Waals surface area (Å²) in [5.41, 5.74) is 6.62. The largest absolute Gasteiger partial charge is 0.369 e. The van der Waals surface area contributed by atoms with E-state index in [2.05, 4.69) is 13.8 Å². The van der Waals surface area contributed by atoms with E-state index in [1.165, 1.54) is 19.3 Å². The summed E-state index contributed by atoms with van der Waals surface area (Å²) in [5, 5.41) is 0. The molecule has 2 unspecified atom stereocenters. The summed E-state index contributed by atoms with van der Waals surface area (Å²) < 4.78 is 0. The van der Waals surface area contributed by atoms with Crippen LogP contribution < -0.4 is 5.73 Å². The van der Waals surface area contributed by atoms with E-state index in [4.69, 9.17) is 5.73 Å². The average molecular weight is 247 g/mol. The predicted octanol–water partition coefficient (Wildman–Crippen LogP) is 3.86. The molecule has 2 nitrogen and oxygen atoms in total. The summed E-state index contributed by atoms with van der Waals surface area (Å²) in [7, 11) is 0. The summed E-state index contributed by atoms with van der Waals surface area (Å²) in [5.74, 6) is 0.270. The number of hydrogen-bond donors (Lipinski definition) is 1. The zero-order valence-electron chi connectivity index (χ0n) is 11.6. The molecular formula is C16H25NO. The van der Waals surface area contributed by atoms with Gasteiger partial charge in [-0.25, -0.2) is 0 Å². The van der Waals surface area contributed by atoms with Gasteiger partial charge in [0.2, 0.25) is 5.91 Å². The molecule has 18 heavy (non-hydrogen) atoms. The minimum Gasteiger partial charge on any atom is -0.369 e. The minimum absolute atomic E-state index is 0.131. The van der Waals surface area contributed by atoms with Crippen molar-refractivity contribution in [1.29, 1.82) is 0 Å². The Morgan fingerprint density at radius 2 is 1.89 bits per heavy atom. The number of nitrogens with two attached hydrogens (primary N) is 1. The highest BCUT2D eigenvalue weighted by Crippen LogP contribution is 2.28. The highest BCUT2D eigenvalue weighted by Gasteiger charge is 2.21. The molecule has 0 fully saturated rings. The summed E-state index contributed by atoms with van der Waals surface area (Å²) >= 11 is 0. The summed E-state index contributed by atoms with van der Waals surface area (Å²) in [6.45, 7) is 4.40. The zero-order valence-corrected chi connectivity index (χ0v) is 11.6. The van der Waals surface area contributed by atoms with Crippen LogP contribution in [0.4, 0.5) is 0 Å². The van der Waals surface area contributed by atoms with Crippen LogP contribution in [0.2, 0.25) is 0 Å². The van der Waals surface area contributed by atoms with Crippen LogP contribution in [0.5, 0.6) is 0 Å². The smallest absolute Gasteiger partial charge is 0.224 e. The Balaban J connectivity index is 2.71. The maximum Gasteiger partial charge on any atom is 0.224 e. The number of unbranched alkanes of at least 4 members (excludes halogenated alkanes) is 1. The van der Waals surface area contributed by atoms with Gasteiger partial charge in [-0.15, -0.1) is 0 Å². The molecule has 2 atom stereocenters. The van der Waals surface area contributed by atoms with Crippen molar-refractivity contribution in [2.45, 2.75) is 51.9 Å². The van der Waals surface area contributed by atoms with Crippen LogP contribution in [0.3, 0.4) is 0 Å². The molecule has 0 aliphatic carbocycles. The van der Waals surface area contributed by atoms with Gasteiger partial charge in [-0.1, -0.05) is 69.9 Å². The van der Waals surface area contributed by atoms with E-state index in [0.717, 1.165) is 18.4 Å². The first-order chi connectivity index (χ1) is 8.69. The van der Waals surface area contributed by atoms with Crippen molar-refractivity contribution >= 4 is 5.91 Å². The second-order valence-corrected chi connectivity index (χ2v) is 5.02. The van der Waals surface area contributed by atoms with Gasteiger partial charge in [0.15, 0.2) is 0 Å². The normalized spacial score (nSPS) is 14.1. The van der Waals surface area contributed by atoms with Crippen molar-refractivity contribution in [2.75, 3.05) is 0 Å². The van der Waals surface area contributed by atoms with Crippen LogP contribution in [-0.2, 0) is 4.79 Å². The Kier molecular flexibility index (Phi) is 6.48. The molecule has 1 rings (SSSR count). The maximum absolute atomic E-state index is 11.6. The Labute approximate surface area is 111 Å². The second kappa shape index (κ2) is 7.91. The van der Waals surface area contributed by atoms with Gasteiger partial charge in [0.1, 0.15) is 0 Å². The average Bonchev–Trinajstić information content (AvgIpc) is 2.39. The predicted molar refractivity (Wildman–Crippen MR) is 76.3 cm³/mol. The molecule has 0 heterocycles. The van der Waals surface area contributed by atoms with Crippen LogP contribution in [-0.4, -0.2) is 5.91 Å². The van der Waals surface area contributed by atoms with Gasteiger partial charge in [0.25, 0.3) is 0 Å². The summed E-state index contributed by atoms with van der Waals surface area (Å²) in [6.07, 6.45) is 5.65. The van der Waals surface area contributed by atoms with Crippen LogP contribution in [0.25, 0.3) is 0 Å². The van der Waals surface area contributed by atoms with Gasteiger partial charge < -0.3 is 5.73 Å². The van der Waals surface area contributed by atoms with E-state index in [9.17, 15) is 4.79 Å². The van der Waals surface area contributed by atoms with E-state index >= 15 is 0 Å². The Morgan fingerprint density at radius 3 is 2.39 bits per heavy atom. The van der Waals surface area contributed by atoms with Crippen LogP contribution in [0.15, 0.2) is 30.3 Å². The Morgan fingerprint density at radius 1 is 1.22 bits per heavy atom. The molecule has 0 spiro atoms. The number of carbonyl (C=O) groups excluding carboxylic acids is 1. The number of primary amides is 1. The third-order valence-corrected chi connectivity index (χ3v) is 3.66. The van der Waals surface area contributed by atoms with Crippen molar-refractivity contribution in [2.24, 2.45) is 11.7 Å². The molecule has 1 aromatic carbocycles. The fourth-order valence-electron chi connectivity index (χ4n) is 2.42. The molecule has 1 amide bonds. The van der Waals surface area contributed by atoms with Crippen molar-refractivity contribution < 1.29 is 4.79 Å². The molecule has 0 radical (unpaired) electrons. The van der Waals surface area contributed by atoms with Gasteiger partial charge in [0.05, 0.1) is 5.92 Å². The molecule has 1 aromatic rings. The van der Waals surface area contributed by atoms with E-state index in [0.29, 0.717) is 5.92 Å². The second-order valence-electron chi connectivity index (χ2n) is 5.02. The molecule has 2 heteroatoms. The Hall–Kier alpha value is -1.31. The van der Waals surface area contributed by atoms with Crippen molar-refractivity contribution in [3.8, 4) is 0 Å². The number of rotatable bonds is 8.